The number of hydrogen-bond donors (Lipinski definition) is 0. The zero-order valence-electron chi connectivity index (χ0n) is 7.14. The first-order valence-electron chi connectivity index (χ1n) is 4.53. The van der Waals surface area contributed by atoms with E-state index in [9.17, 15) is 0 Å². The molecule has 0 saturated carbocycles. The highest BCUT2D eigenvalue weighted by molar-refractivity contribution is 4.93. The molecular formula is C10H18. The number of hydrogen-bond acceptors (Lipinski definition) is 0. The van der Waals surface area contributed by atoms with Crippen LogP contribution in [0.4, 0.5) is 0 Å². The van der Waals surface area contributed by atoms with E-state index in [4.69, 9.17) is 0 Å². The molecule has 0 aromatic rings. The maximum Gasteiger partial charge on any atom is -0.0320 e. The molecule has 0 aromatic carbocycles. The Bertz CT molecular complexity index is 99.2. The summed E-state index contributed by atoms with van der Waals surface area (Å²) in [7, 11) is 0. The normalized spacial score (nSPS) is 32.6. The van der Waals surface area contributed by atoms with Crippen molar-refractivity contribution in [3.63, 3.8) is 0 Å². The minimum absolute atomic E-state index is 0.981. The maximum atomic E-state index is 2.35. The van der Waals surface area contributed by atoms with Gasteiger partial charge in [-0.2, -0.15) is 0 Å². The Morgan fingerprint density at radius 1 is 1.00 bits per heavy atom. The fraction of sp³-hybridized carbons (Fsp3) is 0.800. The van der Waals surface area contributed by atoms with Gasteiger partial charge in [0.15, 0.2) is 0 Å². The zero-order chi connectivity index (χ0) is 7.40. The lowest BCUT2D eigenvalue weighted by atomic mass is 9.80. The van der Waals surface area contributed by atoms with Crippen LogP contribution in [0.25, 0.3) is 0 Å². The predicted octanol–water partition coefficient (Wildman–Crippen LogP) is 3.39. The fourth-order valence-electron chi connectivity index (χ4n) is 1.93. The van der Waals surface area contributed by atoms with E-state index < -0.39 is 0 Å². The standard InChI is InChI=1S/C10H18/c1-3-9-7-5-6-8-10(9)4-2/h5-6,9-10H,3-4,7-8H2,1-2H3. The average molecular weight is 138 g/mol. The molecule has 0 nitrogen and oxygen atoms in total. The lowest BCUT2D eigenvalue weighted by Gasteiger charge is -2.26. The zero-order valence-corrected chi connectivity index (χ0v) is 7.14. The fourth-order valence-corrected chi connectivity index (χ4v) is 1.93. The first kappa shape index (κ1) is 7.84. The third-order valence-corrected chi connectivity index (χ3v) is 2.76. The van der Waals surface area contributed by atoms with E-state index in [1.54, 1.807) is 0 Å². The average Bonchev–Trinajstić information content (AvgIpc) is 2.04. The second kappa shape index (κ2) is 3.80. The molecule has 10 heavy (non-hydrogen) atoms. The highest BCUT2D eigenvalue weighted by Crippen LogP contribution is 2.29. The first-order valence-corrected chi connectivity index (χ1v) is 4.53. The van der Waals surface area contributed by atoms with E-state index in [2.05, 4.69) is 26.0 Å². The Balaban J connectivity index is 2.45. The van der Waals surface area contributed by atoms with Gasteiger partial charge in [0.1, 0.15) is 0 Å². The van der Waals surface area contributed by atoms with Gasteiger partial charge in [0, 0.05) is 0 Å². The Hall–Kier alpha value is -0.260. The molecule has 2 atom stereocenters. The molecule has 0 aliphatic heterocycles. The third kappa shape index (κ3) is 1.62. The van der Waals surface area contributed by atoms with Crippen LogP contribution in [0.1, 0.15) is 39.5 Å². The third-order valence-electron chi connectivity index (χ3n) is 2.76. The van der Waals surface area contributed by atoms with Crippen molar-refractivity contribution < 1.29 is 0 Å². The quantitative estimate of drug-likeness (QED) is 0.513. The van der Waals surface area contributed by atoms with Crippen LogP contribution in [0.3, 0.4) is 0 Å². The smallest absolute Gasteiger partial charge is 0.0320 e. The van der Waals surface area contributed by atoms with Crippen molar-refractivity contribution >= 4 is 0 Å². The summed E-state index contributed by atoms with van der Waals surface area (Å²) in [6.07, 6.45) is 10.1. The van der Waals surface area contributed by atoms with Gasteiger partial charge < -0.3 is 0 Å². The number of rotatable bonds is 2. The molecule has 1 aliphatic rings. The predicted molar refractivity (Wildman–Crippen MR) is 45.9 cm³/mol. The van der Waals surface area contributed by atoms with Gasteiger partial charge in [-0.1, -0.05) is 38.8 Å². The summed E-state index contributed by atoms with van der Waals surface area (Å²) in [6.45, 7) is 4.62. The van der Waals surface area contributed by atoms with Crippen molar-refractivity contribution in [2.45, 2.75) is 39.5 Å². The van der Waals surface area contributed by atoms with Crippen LogP contribution in [0.15, 0.2) is 12.2 Å². The summed E-state index contributed by atoms with van der Waals surface area (Å²) in [5, 5.41) is 0. The minimum Gasteiger partial charge on any atom is -0.0882 e. The molecule has 0 bridgehead atoms. The molecule has 58 valence electrons. The summed E-state index contributed by atoms with van der Waals surface area (Å²) in [5.41, 5.74) is 0. The molecule has 0 N–H and O–H groups in total. The molecular weight excluding hydrogens is 120 g/mol. The molecule has 0 spiro atoms. The van der Waals surface area contributed by atoms with Crippen molar-refractivity contribution in [3.05, 3.63) is 12.2 Å². The molecule has 0 fully saturated rings. The number of allylic oxidation sites excluding steroid dienone is 2. The lowest BCUT2D eigenvalue weighted by molar-refractivity contribution is 0.305. The Labute approximate surface area is 64.3 Å². The molecule has 0 amide bonds. The first-order chi connectivity index (χ1) is 4.88. The van der Waals surface area contributed by atoms with E-state index >= 15 is 0 Å². The van der Waals surface area contributed by atoms with Gasteiger partial charge in [-0.15, -0.1) is 0 Å². The second-order valence-corrected chi connectivity index (χ2v) is 3.28. The van der Waals surface area contributed by atoms with Gasteiger partial charge >= 0.3 is 0 Å². The molecule has 1 rings (SSSR count). The monoisotopic (exact) mass is 138 g/mol. The Morgan fingerprint density at radius 3 is 1.70 bits per heavy atom. The van der Waals surface area contributed by atoms with Gasteiger partial charge in [0.05, 0.1) is 0 Å². The molecule has 0 radical (unpaired) electrons. The van der Waals surface area contributed by atoms with E-state index in [1.165, 1.54) is 25.7 Å². The van der Waals surface area contributed by atoms with Crippen molar-refractivity contribution in [1.82, 2.24) is 0 Å². The van der Waals surface area contributed by atoms with Gasteiger partial charge in [-0.3, -0.25) is 0 Å². The van der Waals surface area contributed by atoms with Crippen molar-refractivity contribution in [2.75, 3.05) is 0 Å². The molecule has 0 heteroatoms. The van der Waals surface area contributed by atoms with Crippen molar-refractivity contribution in [1.29, 1.82) is 0 Å². The van der Waals surface area contributed by atoms with Crippen LogP contribution in [0.2, 0.25) is 0 Å². The van der Waals surface area contributed by atoms with E-state index in [0.29, 0.717) is 0 Å². The second-order valence-electron chi connectivity index (χ2n) is 3.28. The molecule has 1 aliphatic carbocycles. The van der Waals surface area contributed by atoms with E-state index in [1.807, 2.05) is 0 Å². The van der Waals surface area contributed by atoms with E-state index in [-0.39, 0.29) is 0 Å². The van der Waals surface area contributed by atoms with Crippen LogP contribution in [0, 0.1) is 11.8 Å². The van der Waals surface area contributed by atoms with Crippen molar-refractivity contribution in [2.24, 2.45) is 11.8 Å². The van der Waals surface area contributed by atoms with Gasteiger partial charge in [0.2, 0.25) is 0 Å². The topological polar surface area (TPSA) is 0 Å². The van der Waals surface area contributed by atoms with Gasteiger partial charge in [-0.25, -0.2) is 0 Å². The highest BCUT2D eigenvalue weighted by atomic mass is 14.2. The largest absolute Gasteiger partial charge is 0.0882 e. The van der Waals surface area contributed by atoms with Gasteiger partial charge in [0.25, 0.3) is 0 Å². The molecule has 0 heterocycles. The SMILES string of the molecule is CCC1CC=CCC1CC. The summed E-state index contributed by atoms with van der Waals surface area (Å²) in [6, 6.07) is 0. The van der Waals surface area contributed by atoms with Gasteiger partial charge in [-0.05, 0) is 24.7 Å². The lowest BCUT2D eigenvalue weighted by Crippen LogP contribution is -2.14. The maximum absolute atomic E-state index is 2.35. The summed E-state index contributed by atoms with van der Waals surface area (Å²) < 4.78 is 0. The Morgan fingerprint density at radius 2 is 1.40 bits per heavy atom. The minimum atomic E-state index is 0.981. The van der Waals surface area contributed by atoms with Crippen LogP contribution < -0.4 is 0 Å². The van der Waals surface area contributed by atoms with Crippen LogP contribution in [-0.4, -0.2) is 0 Å². The highest BCUT2D eigenvalue weighted by Gasteiger charge is 2.18. The van der Waals surface area contributed by atoms with Crippen LogP contribution in [0.5, 0.6) is 0 Å². The summed E-state index contributed by atoms with van der Waals surface area (Å²) in [4.78, 5) is 0. The molecule has 2 unspecified atom stereocenters. The van der Waals surface area contributed by atoms with Crippen LogP contribution >= 0.6 is 0 Å². The van der Waals surface area contributed by atoms with Crippen molar-refractivity contribution in [3.8, 4) is 0 Å². The molecule has 0 aromatic heterocycles. The molecule has 0 saturated heterocycles. The summed E-state index contributed by atoms with van der Waals surface area (Å²) >= 11 is 0. The van der Waals surface area contributed by atoms with Crippen LogP contribution in [-0.2, 0) is 0 Å². The summed E-state index contributed by atoms with van der Waals surface area (Å²) in [5.74, 6) is 1.96. The Kier molecular flexibility index (Phi) is 2.98. The van der Waals surface area contributed by atoms with E-state index in [0.717, 1.165) is 11.8 Å².